The molecule has 0 heterocycles. The van der Waals surface area contributed by atoms with Crippen LogP contribution in [-0.4, -0.2) is 12.4 Å². The van der Waals surface area contributed by atoms with Crippen LogP contribution in [0, 0.1) is 0 Å². The SMILES string of the molecule is CCOOC(F)Cl. The minimum absolute atomic E-state index is 0.299. The lowest BCUT2D eigenvalue weighted by Crippen LogP contribution is -1.97. The Kier molecular flexibility index (Phi) is 4.39. The molecular formula is C3H6ClFO2. The van der Waals surface area contributed by atoms with Gasteiger partial charge in [0.25, 0.3) is 0 Å². The van der Waals surface area contributed by atoms with E-state index in [-0.39, 0.29) is 0 Å². The maximum absolute atomic E-state index is 11.3. The second-order valence-electron chi connectivity index (χ2n) is 0.763. The zero-order chi connectivity index (χ0) is 5.70. The predicted octanol–water partition coefficient (Wildman–Crippen LogP) is 1.45. The molecule has 0 amide bonds. The van der Waals surface area contributed by atoms with Crippen molar-refractivity contribution in [3.05, 3.63) is 0 Å². The fourth-order valence-corrected chi connectivity index (χ4v) is 0.171. The van der Waals surface area contributed by atoms with Crippen molar-refractivity contribution in [3.63, 3.8) is 0 Å². The number of halogens is 2. The van der Waals surface area contributed by atoms with Gasteiger partial charge in [0.15, 0.2) is 0 Å². The number of hydrogen-bond acceptors (Lipinski definition) is 2. The van der Waals surface area contributed by atoms with Gasteiger partial charge in [-0.25, -0.2) is 4.89 Å². The van der Waals surface area contributed by atoms with Crippen LogP contribution in [0.1, 0.15) is 6.92 Å². The summed E-state index contributed by atoms with van der Waals surface area (Å²) in [5, 5.41) is 0. The molecule has 7 heavy (non-hydrogen) atoms. The highest BCUT2D eigenvalue weighted by molar-refractivity contribution is 6.18. The van der Waals surface area contributed by atoms with E-state index in [0.29, 0.717) is 6.61 Å². The van der Waals surface area contributed by atoms with Crippen LogP contribution in [-0.2, 0) is 9.78 Å². The maximum Gasteiger partial charge on any atom is 0.305 e. The van der Waals surface area contributed by atoms with Crippen LogP contribution in [0.5, 0.6) is 0 Å². The van der Waals surface area contributed by atoms with Gasteiger partial charge in [0.2, 0.25) is 0 Å². The van der Waals surface area contributed by atoms with Gasteiger partial charge in [-0.3, -0.25) is 0 Å². The molecule has 0 aromatic carbocycles. The summed E-state index contributed by atoms with van der Waals surface area (Å²) in [5.74, 6) is -1.85. The van der Waals surface area contributed by atoms with E-state index in [1.54, 1.807) is 6.92 Å². The first kappa shape index (κ1) is 7.14. The average molecular weight is 129 g/mol. The minimum atomic E-state index is -1.85. The van der Waals surface area contributed by atoms with E-state index in [0.717, 1.165) is 0 Å². The lowest BCUT2D eigenvalue weighted by atomic mass is 10.9. The van der Waals surface area contributed by atoms with Crippen molar-refractivity contribution in [3.8, 4) is 0 Å². The summed E-state index contributed by atoms with van der Waals surface area (Å²) in [7, 11) is 0. The summed E-state index contributed by atoms with van der Waals surface area (Å²) in [5.41, 5.74) is 0. The Bertz CT molecular complexity index is 41.9. The average Bonchev–Trinajstić information content (AvgIpc) is 1.61. The van der Waals surface area contributed by atoms with Crippen molar-refractivity contribution < 1.29 is 14.2 Å². The summed E-state index contributed by atoms with van der Waals surface area (Å²) >= 11 is 4.64. The molecule has 2 nitrogen and oxygen atoms in total. The lowest BCUT2D eigenvalue weighted by Gasteiger charge is -1.96. The molecular weight excluding hydrogens is 122 g/mol. The Morgan fingerprint density at radius 2 is 2.43 bits per heavy atom. The molecule has 1 atom stereocenters. The Morgan fingerprint density at radius 1 is 1.86 bits per heavy atom. The standard InChI is InChI=1S/C3H6ClFO2/c1-2-6-7-3(4)5/h3H,2H2,1H3. The van der Waals surface area contributed by atoms with Gasteiger partial charge in [-0.15, -0.1) is 0 Å². The molecule has 0 bridgehead atoms. The Balaban J connectivity index is 2.68. The first-order valence-corrected chi connectivity index (χ1v) is 2.27. The summed E-state index contributed by atoms with van der Waals surface area (Å²) in [6.45, 7) is 1.96. The molecule has 0 aromatic rings. The third kappa shape index (κ3) is 6.14. The molecule has 0 aromatic heterocycles. The summed E-state index contributed by atoms with van der Waals surface area (Å²) < 4.78 is 11.3. The Labute approximate surface area is 46.1 Å². The molecule has 0 saturated heterocycles. The van der Waals surface area contributed by atoms with E-state index in [2.05, 4.69) is 21.4 Å². The molecule has 0 fully saturated rings. The van der Waals surface area contributed by atoms with E-state index >= 15 is 0 Å². The molecule has 1 unspecified atom stereocenters. The van der Waals surface area contributed by atoms with Crippen molar-refractivity contribution in [2.24, 2.45) is 0 Å². The van der Waals surface area contributed by atoms with Crippen molar-refractivity contribution in [2.45, 2.75) is 12.7 Å². The van der Waals surface area contributed by atoms with E-state index in [1.165, 1.54) is 0 Å². The van der Waals surface area contributed by atoms with Crippen molar-refractivity contribution in [2.75, 3.05) is 6.61 Å². The van der Waals surface area contributed by atoms with Gasteiger partial charge < -0.3 is 0 Å². The van der Waals surface area contributed by atoms with Gasteiger partial charge in [-0.05, 0) is 6.92 Å². The number of rotatable bonds is 3. The topological polar surface area (TPSA) is 18.5 Å². The van der Waals surface area contributed by atoms with Gasteiger partial charge >= 0.3 is 5.82 Å². The van der Waals surface area contributed by atoms with Gasteiger partial charge in [-0.2, -0.15) is 9.28 Å². The largest absolute Gasteiger partial charge is 0.305 e. The van der Waals surface area contributed by atoms with Crippen LogP contribution in [0.25, 0.3) is 0 Å². The van der Waals surface area contributed by atoms with Crippen LogP contribution < -0.4 is 0 Å². The molecule has 0 aliphatic carbocycles. The minimum Gasteiger partial charge on any atom is -0.233 e. The molecule has 0 aliphatic heterocycles. The van der Waals surface area contributed by atoms with Crippen molar-refractivity contribution in [1.82, 2.24) is 0 Å². The lowest BCUT2D eigenvalue weighted by molar-refractivity contribution is -0.326. The molecule has 0 rings (SSSR count). The molecule has 0 spiro atoms. The van der Waals surface area contributed by atoms with E-state index < -0.39 is 5.82 Å². The monoisotopic (exact) mass is 128 g/mol. The quantitative estimate of drug-likeness (QED) is 0.325. The highest BCUT2D eigenvalue weighted by Gasteiger charge is 1.96. The van der Waals surface area contributed by atoms with Crippen molar-refractivity contribution >= 4 is 11.6 Å². The Hall–Kier alpha value is 0.140. The third-order valence-corrected chi connectivity index (χ3v) is 0.331. The normalized spacial score (nSPS) is 14.1. The van der Waals surface area contributed by atoms with E-state index in [4.69, 9.17) is 0 Å². The number of hydrogen-bond donors (Lipinski definition) is 0. The fraction of sp³-hybridized carbons (Fsp3) is 1.00. The Morgan fingerprint density at radius 3 is 2.57 bits per heavy atom. The fourth-order valence-electron chi connectivity index (χ4n) is 0.119. The van der Waals surface area contributed by atoms with Crippen molar-refractivity contribution in [1.29, 1.82) is 0 Å². The van der Waals surface area contributed by atoms with Gasteiger partial charge in [0.1, 0.15) is 0 Å². The smallest absolute Gasteiger partial charge is 0.233 e. The zero-order valence-corrected chi connectivity index (χ0v) is 4.61. The summed E-state index contributed by atoms with van der Waals surface area (Å²) in [6, 6.07) is 0. The maximum atomic E-state index is 11.3. The second kappa shape index (κ2) is 4.30. The highest BCUT2D eigenvalue weighted by Crippen LogP contribution is 1.97. The van der Waals surface area contributed by atoms with Crippen LogP contribution in [0.15, 0.2) is 0 Å². The second-order valence-corrected chi connectivity index (χ2v) is 1.11. The van der Waals surface area contributed by atoms with Gasteiger partial charge in [0.05, 0.1) is 6.61 Å². The van der Waals surface area contributed by atoms with Crippen LogP contribution in [0.2, 0.25) is 0 Å². The predicted molar refractivity (Wildman–Crippen MR) is 23.5 cm³/mol. The van der Waals surface area contributed by atoms with Gasteiger partial charge in [0, 0.05) is 0 Å². The summed E-state index contributed by atoms with van der Waals surface area (Å²) in [4.78, 5) is 7.88. The van der Waals surface area contributed by atoms with E-state index in [1.807, 2.05) is 0 Å². The van der Waals surface area contributed by atoms with Crippen LogP contribution in [0.4, 0.5) is 4.39 Å². The van der Waals surface area contributed by atoms with Crippen LogP contribution >= 0.6 is 11.6 Å². The first-order chi connectivity index (χ1) is 3.27. The first-order valence-electron chi connectivity index (χ1n) is 1.83. The van der Waals surface area contributed by atoms with E-state index in [9.17, 15) is 4.39 Å². The highest BCUT2D eigenvalue weighted by atomic mass is 35.5. The molecule has 0 N–H and O–H groups in total. The molecule has 4 heteroatoms. The zero-order valence-electron chi connectivity index (χ0n) is 3.86. The molecule has 0 aliphatic rings. The molecule has 0 radical (unpaired) electrons. The van der Waals surface area contributed by atoms with Gasteiger partial charge in [-0.1, -0.05) is 11.6 Å². The number of alkyl halides is 2. The molecule has 0 saturated carbocycles. The summed E-state index contributed by atoms with van der Waals surface area (Å²) in [6.07, 6.45) is 0. The molecule has 44 valence electrons. The van der Waals surface area contributed by atoms with Crippen LogP contribution in [0.3, 0.4) is 0 Å². The third-order valence-electron chi connectivity index (χ3n) is 0.259.